The van der Waals surface area contributed by atoms with E-state index in [0.717, 1.165) is 29.9 Å². The molecular weight excluding hydrogens is 498 g/mol. The van der Waals surface area contributed by atoms with Gasteiger partial charge >= 0.3 is 24.3 Å². The molecule has 0 spiro atoms. The summed E-state index contributed by atoms with van der Waals surface area (Å²) >= 11 is 0. The molecule has 0 amide bonds. The zero-order valence-corrected chi connectivity index (χ0v) is 18.8. The molecule has 0 radical (unpaired) electrons. The fraction of sp³-hybridized carbons (Fsp3) is 0.364. The average molecular weight is 520 g/mol. The van der Waals surface area contributed by atoms with Crippen LogP contribution in [0.15, 0.2) is 42.6 Å². The summed E-state index contributed by atoms with van der Waals surface area (Å²) in [5.41, 5.74) is 4.70. The Morgan fingerprint density at radius 1 is 1.06 bits per heavy atom. The summed E-state index contributed by atoms with van der Waals surface area (Å²) in [5, 5.41) is 14.2. The highest BCUT2D eigenvalue weighted by atomic mass is 19.4. The molecule has 1 saturated heterocycles. The van der Waals surface area contributed by atoms with Crippen LogP contribution in [0, 0.1) is 6.92 Å². The van der Waals surface area contributed by atoms with Crippen molar-refractivity contribution >= 4 is 23.0 Å². The van der Waals surface area contributed by atoms with Gasteiger partial charge in [-0.1, -0.05) is 12.1 Å². The van der Waals surface area contributed by atoms with Crippen molar-refractivity contribution < 1.29 is 46.1 Å². The number of aryl methyl sites for hydroxylation is 1. The number of carbonyl (C=O) groups is 2. The van der Waals surface area contributed by atoms with E-state index in [4.69, 9.17) is 19.8 Å². The number of aliphatic carboxylic acids is 2. The SMILES string of the molecule is Cc1nc2ccc(CN3CCCC3c3ccccn3)cc2[nH]1.O=C(O)C(F)(F)F.O=C(O)C(F)(F)F. The number of imidazole rings is 1. The number of carboxylic acids is 2. The van der Waals surface area contributed by atoms with Crippen molar-refractivity contribution in [3.63, 3.8) is 0 Å². The molecule has 1 aliphatic rings. The van der Waals surface area contributed by atoms with Gasteiger partial charge in [0.25, 0.3) is 0 Å². The molecule has 36 heavy (non-hydrogen) atoms. The van der Waals surface area contributed by atoms with Crippen molar-refractivity contribution in [2.45, 2.75) is 44.7 Å². The number of H-pyrrole nitrogens is 1. The molecule has 196 valence electrons. The number of alkyl halides is 6. The summed E-state index contributed by atoms with van der Waals surface area (Å²) in [7, 11) is 0. The Balaban J connectivity index is 0.000000271. The van der Waals surface area contributed by atoms with Crippen LogP contribution in [-0.2, 0) is 16.1 Å². The molecule has 1 atom stereocenters. The summed E-state index contributed by atoms with van der Waals surface area (Å²) in [4.78, 5) is 32.7. The molecule has 0 aliphatic carbocycles. The molecule has 14 heteroatoms. The van der Waals surface area contributed by atoms with Gasteiger partial charge in [-0.25, -0.2) is 14.6 Å². The van der Waals surface area contributed by atoms with Crippen LogP contribution < -0.4 is 0 Å². The first-order valence-electron chi connectivity index (χ1n) is 10.4. The molecule has 1 aliphatic heterocycles. The van der Waals surface area contributed by atoms with Crippen LogP contribution in [0.3, 0.4) is 0 Å². The second-order valence-corrected chi connectivity index (χ2v) is 7.66. The zero-order valence-electron chi connectivity index (χ0n) is 18.8. The predicted octanol–water partition coefficient (Wildman–Crippen LogP) is 4.87. The van der Waals surface area contributed by atoms with Crippen LogP contribution in [0.4, 0.5) is 26.3 Å². The Morgan fingerprint density at radius 2 is 1.67 bits per heavy atom. The quantitative estimate of drug-likeness (QED) is 0.422. The van der Waals surface area contributed by atoms with Crippen molar-refractivity contribution in [2.75, 3.05) is 6.54 Å². The number of rotatable bonds is 3. The highest BCUT2D eigenvalue weighted by Gasteiger charge is 2.38. The zero-order chi connectivity index (χ0) is 27.1. The van der Waals surface area contributed by atoms with E-state index >= 15 is 0 Å². The van der Waals surface area contributed by atoms with Gasteiger partial charge in [0.2, 0.25) is 0 Å². The summed E-state index contributed by atoms with van der Waals surface area (Å²) in [6, 6.07) is 13.2. The Morgan fingerprint density at radius 3 is 2.19 bits per heavy atom. The number of pyridine rings is 1. The normalized spacial score (nSPS) is 16.0. The van der Waals surface area contributed by atoms with Crippen molar-refractivity contribution in [3.05, 3.63) is 59.7 Å². The minimum atomic E-state index is -5.08. The molecular formula is C22H22F6N4O4. The summed E-state index contributed by atoms with van der Waals surface area (Å²) in [5.74, 6) is -4.54. The Hall–Kier alpha value is -3.68. The maximum atomic E-state index is 10.6. The number of benzene rings is 1. The van der Waals surface area contributed by atoms with Crippen molar-refractivity contribution in [1.82, 2.24) is 19.9 Å². The fourth-order valence-electron chi connectivity index (χ4n) is 3.44. The second-order valence-electron chi connectivity index (χ2n) is 7.66. The largest absolute Gasteiger partial charge is 0.490 e. The van der Waals surface area contributed by atoms with Crippen LogP contribution in [0.5, 0.6) is 0 Å². The number of carboxylic acid groups (broad SMARTS) is 2. The first-order chi connectivity index (χ1) is 16.7. The van der Waals surface area contributed by atoms with Gasteiger partial charge in [0, 0.05) is 12.7 Å². The third-order valence-corrected chi connectivity index (χ3v) is 4.93. The van der Waals surface area contributed by atoms with Gasteiger partial charge < -0.3 is 15.2 Å². The Labute approximate surface area is 200 Å². The standard InChI is InChI=1S/C18H20N4.2C2HF3O2/c1-13-20-15-8-7-14(11-17(15)21-13)12-22-10-4-6-18(22)16-5-2-3-9-19-16;2*3-2(4,5)1(6)7/h2-3,5,7-9,11,18H,4,6,10,12H2,1H3,(H,20,21);2*(H,6,7). The van der Waals surface area contributed by atoms with Gasteiger partial charge in [0.15, 0.2) is 0 Å². The third-order valence-electron chi connectivity index (χ3n) is 4.93. The third kappa shape index (κ3) is 8.52. The maximum Gasteiger partial charge on any atom is 0.490 e. The smallest absolute Gasteiger partial charge is 0.475 e. The van der Waals surface area contributed by atoms with Gasteiger partial charge in [-0.05, 0) is 56.1 Å². The Kier molecular flexibility index (Phi) is 9.39. The molecule has 3 aromatic rings. The number of nitrogens with one attached hydrogen (secondary N) is 1. The van der Waals surface area contributed by atoms with E-state index in [1.54, 1.807) is 0 Å². The lowest BCUT2D eigenvalue weighted by atomic mass is 10.1. The van der Waals surface area contributed by atoms with Gasteiger partial charge in [0.1, 0.15) is 5.82 Å². The minimum Gasteiger partial charge on any atom is -0.475 e. The molecule has 1 fully saturated rings. The number of nitrogens with zero attached hydrogens (tertiary/aromatic N) is 3. The lowest BCUT2D eigenvalue weighted by Gasteiger charge is -2.24. The van der Waals surface area contributed by atoms with Crippen LogP contribution >= 0.6 is 0 Å². The topological polar surface area (TPSA) is 119 Å². The lowest BCUT2D eigenvalue weighted by molar-refractivity contribution is -0.193. The summed E-state index contributed by atoms with van der Waals surface area (Å²) < 4.78 is 63.5. The molecule has 0 bridgehead atoms. The molecule has 2 aromatic heterocycles. The van der Waals surface area contributed by atoms with E-state index in [9.17, 15) is 26.3 Å². The molecule has 8 nitrogen and oxygen atoms in total. The molecule has 0 saturated carbocycles. The van der Waals surface area contributed by atoms with Crippen molar-refractivity contribution in [1.29, 1.82) is 0 Å². The first-order valence-corrected chi connectivity index (χ1v) is 10.4. The maximum absolute atomic E-state index is 10.6. The fourth-order valence-corrected chi connectivity index (χ4v) is 3.44. The van der Waals surface area contributed by atoms with E-state index < -0.39 is 24.3 Å². The highest BCUT2D eigenvalue weighted by molar-refractivity contribution is 5.75. The predicted molar refractivity (Wildman–Crippen MR) is 115 cm³/mol. The average Bonchev–Trinajstić information content (AvgIpc) is 3.39. The van der Waals surface area contributed by atoms with Crippen LogP contribution in [0.2, 0.25) is 0 Å². The van der Waals surface area contributed by atoms with Gasteiger partial charge in [0.05, 0.1) is 22.8 Å². The van der Waals surface area contributed by atoms with Crippen molar-refractivity contribution in [3.8, 4) is 0 Å². The Bertz CT molecular complexity index is 1140. The number of halogens is 6. The lowest BCUT2D eigenvalue weighted by Crippen LogP contribution is -2.23. The van der Waals surface area contributed by atoms with E-state index in [-0.39, 0.29) is 0 Å². The number of fused-ring (bicyclic) bond motifs is 1. The highest BCUT2D eigenvalue weighted by Crippen LogP contribution is 2.32. The second kappa shape index (κ2) is 11.8. The number of hydrogen-bond donors (Lipinski definition) is 3. The van der Waals surface area contributed by atoms with Gasteiger partial charge in [-0.15, -0.1) is 0 Å². The van der Waals surface area contributed by atoms with E-state index in [1.807, 2.05) is 19.2 Å². The molecule has 3 heterocycles. The van der Waals surface area contributed by atoms with Crippen LogP contribution in [0.1, 0.15) is 36.0 Å². The molecule has 4 rings (SSSR count). The number of aromatic amines is 1. The first kappa shape index (κ1) is 28.6. The molecule has 1 aromatic carbocycles. The minimum absolute atomic E-state index is 0.445. The summed E-state index contributed by atoms with van der Waals surface area (Å²) in [6.07, 6.45) is -5.83. The number of aromatic nitrogens is 3. The monoisotopic (exact) mass is 520 g/mol. The van der Waals surface area contributed by atoms with Crippen LogP contribution in [-0.4, -0.2) is 60.9 Å². The van der Waals surface area contributed by atoms with Gasteiger partial charge in [-0.2, -0.15) is 26.3 Å². The van der Waals surface area contributed by atoms with Gasteiger partial charge in [-0.3, -0.25) is 9.88 Å². The van der Waals surface area contributed by atoms with E-state index in [0.29, 0.717) is 6.04 Å². The molecule has 3 N–H and O–H groups in total. The summed E-state index contributed by atoms with van der Waals surface area (Å²) in [6.45, 7) is 4.10. The number of hydrogen-bond acceptors (Lipinski definition) is 5. The van der Waals surface area contributed by atoms with E-state index in [2.05, 4.69) is 50.2 Å². The molecule has 1 unspecified atom stereocenters. The van der Waals surface area contributed by atoms with Crippen molar-refractivity contribution in [2.24, 2.45) is 0 Å². The number of likely N-dealkylation sites (tertiary alicyclic amines) is 1. The van der Waals surface area contributed by atoms with E-state index in [1.165, 1.54) is 24.1 Å². The van der Waals surface area contributed by atoms with Crippen LogP contribution in [0.25, 0.3) is 11.0 Å².